The molecule has 3 N–H and O–H groups in total. The summed E-state index contributed by atoms with van der Waals surface area (Å²) in [6.07, 6.45) is 0.703. The topological polar surface area (TPSA) is 92.1 Å². The van der Waals surface area contributed by atoms with E-state index < -0.39 is 0 Å². The van der Waals surface area contributed by atoms with Crippen LogP contribution in [0.3, 0.4) is 0 Å². The molecule has 2 aromatic rings. The summed E-state index contributed by atoms with van der Waals surface area (Å²) in [7, 11) is 1.90. The van der Waals surface area contributed by atoms with Gasteiger partial charge in [-0.2, -0.15) is 4.98 Å². The standard InChI is InChI=1S/C16H23N5O2.ClH/c1-10(2)18-16(22)19-13-7-5-12(6-8-13)15-20-14(21-23-15)9-11(3)17-4;/h5-8,10-11,17H,9H2,1-4H3,(H2,18,19,22);1H. The normalized spacial score (nSPS) is 11.7. The van der Waals surface area contributed by atoms with Gasteiger partial charge in [-0.3, -0.25) is 0 Å². The predicted octanol–water partition coefficient (Wildman–Crippen LogP) is 2.84. The van der Waals surface area contributed by atoms with E-state index in [1.165, 1.54) is 0 Å². The zero-order valence-electron chi connectivity index (χ0n) is 14.3. The molecule has 2 amide bonds. The van der Waals surface area contributed by atoms with Crippen LogP contribution in [0.2, 0.25) is 0 Å². The summed E-state index contributed by atoms with van der Waals surface area (Å²) < 4.78 is 5.28. The van der Waals surface area contributed by atoms with Gasteiger partial charge in [-0.15, -0.1) is 12.4 Å². The lowest BCUT2D eigenvalue weighted by atomic mass is 10.2. The minimum absolute atomic E-state index is 0. The Morgan fingerprint density at radius 1 is 1.21 bits per heavy atom. The molecule has 1 aromatic heterocycles. The fourth-order valence-electron chi connectivity index (χ4n) is 1.96. The molecule has 0 bridgehead atoms. The Labute approximate surface area is 148 Å². The van der Waals surface area contributed by atoms with E-state index in [9.17, 15) is 4.79 Å². The molecule has 0 saturated carbocycles. The first-order chi connectivity index (χ1) is 11.0. The van der Waals surface area contributed by atoms with E-state index >= 15 is 0 Å². The molecular formula is C16H24ClN5O2. The number of hydrogen-bond donors (Lipinski definition) is 3. The summed E-state index contributed by atoms with van der Waals surface area (Å²) >= 11 is 0. The first-order valence-electron chi connectivity index (χ1n) is 7.65. The van der Waals surface area contributed by atoms with Crippen molar-refractivity contribution >= 4 is 24.1 Å². The van der Waals surface area contributed by atoms with Crippen LogP contribution in [0, 0.1) is 0 Å². The lowest BCUT2D eigenvalue weighted by Gasteiger charge is -2.10. The van der Waals surface area contributed by atoms with Crippen LogP contribution in [0.1, 0.15) is 26.6 Å². The van der Waals surface area contributed by atoms with Crippen LogP contribution in [0.5, 0.6) is 0 Å². The number of aromatic nitrogens is 2. The minimum Gasteiger partial charge on any atom is -0.336 e. The third kappa shape index (κ3) is 5.82. The number of benzene rings is 1. The molecule has 7 nitrogen and oxygen atoms in total. The third-order valence-electron chi connectivity index (χ3n) is 3.26. The molecule has 0 spiro atoms. The average molecular weight is 354 g/mol. The maximum atomic E-state index is 11.6. The number of halogens is 1. The fourth-order valence-corrected chi connectivity index (χ4v) is 1.96. The van der Waals surface area contributed by atoms with Crippen LogP contribution in [0.15, 0.2) is 28.8 Å². The molecule has 2 rings (SSSR count). The first kappa shape index (κ1) is 19.9. The van der Waals surface area contributed by atoms with Gasteiger partial charge in [-0.1, -0.05) is 5.16 Å². The molecule has 0 saturated heterocycles. The summed E-state index contributed by atoms with van der Waals surface area (Å²) in [5.74, 6) is 1.14. The molecule has 0 aliphatic heterocycles. The van der Waals surface area contributed by atoms with Crippen LogP contribution in [0.25, 0.3) is 11.5 Å². The smallest absolute Gasteiger partial charge is 0.319 e. The van der Waals surface area contributed by atoms with E-state index in [0.29, 0.717) is 23.8 Å². The van der Waals surface area contributed by atoms with E-state index in [2.05, 4.69) is 33.0 Å². The number of urea groups is 1. The SMILES string of the molecule is CNC(C)Cc1noc(-c2ccc(NC(=O)NC(C)C)cc2)n1.Cl. The summed E-state index contributed by atoms with van der Waals surface area (Å²) in [4.78, 5) is 16.0. The molecule has 0 radical (unpaired) electrons. The van der Waals surface area contributed by atoms with Crippen LogP contribution in [0.4, 0.5) is 10.5 Å². The molecule has 1 heterocycles. The molecular weight excluding hydrogens is 330 g/mol. The average Bonchev–Trinajstić information content (AvgIpc) is 2.95. The van der Waals surface area contributed by atoms with E-state index in [0.717, 1.165) is 5.56 Å². The van der Waals surface area contributed by atoms with Crippen molar-refractivity contribution < 1.29 is 9.32 Å². The molecule has 132 valence electrons. The number of nitrogens with one attached hydrogen (secondary N) is 3. The van der Waals surface area contributed by atoms with Crippen molar-refractivity contribution in [2.45, 2.75) is 39.3 Å². The van der Waals surface area contributed by atoms with Gasteiger partial charge < -0.3 is 20.5 Å². The second-order valence-corrected chi connectivity index (χ2v) is 5.74. The highest BCUT2D eigenvalue weighted by molar-refractivity contribution is 5.89. The molecule has 1 aromatic carbocycles. The van der Waals surface area contributed by atoms with E-state index in [1.54, 1.807) is 12.1 Å². The van der Waals surface area contributed by atoms with Gasteiger partial charge in [0, 0.05) is 29.8 Å². The largest absolute Gasteiger partial charge is 0.336 e. The Morgan fingerprint density at radius 3 is 2.46 bits per heavy atom. The van der Waals surface area contributed by atoms with Crippen LogP contribution < -0.4 is 16.0 Å². The van der Waals surface area contributed by atoms with Crippen molar-refractivity contribution in [1.29, 1.82) is 0 Å². The van der Waals surface area contributed by atoms with Crippen molar-refractivity contribution in [3.8, 4) is 11.5 Å². The van der Waals surface area contributed by atoms with Gasteiger partial charge in [-0.25, -0.2) is 4.79 Å². The highest BCUT2D eigenvalue weighted by Crippen LogP contribution is 2.20. The quantitative estimate of drug-likeness (QED) is 0.742. The van der Waals surface area contributed by atoms with Crippen molar-refractivity contribution in [2.75, 3.05) is 12.4 Å². The molecule has 8 heteroatoms. The maximum absolute atomic E-state index is 11.6. The van der Waals surface area contributed by atoms with Crippen LogP contribution >= 0.6 is 12.4 Å². The molecule has 0 aliphatic rings. The van der Waals surface area contributed by atoms with Gasteiger partial charge in [0.15, 0.2) is 5.82 Å². The predicted molar refractivity (Wildman–Crippen MR) is 96.5 cm³/mol. The van der Waals surface area contributed by atoms with E-state index in [-0.39, 0.29) is 30.5 Å². The Hall–Kier alpha value is -2.12. The maximum Gasteiger partial charge on any atom is 0.319 e. The molecule has 1 atom stereocenters. The van der Waals surface area contributed by atoms with Gasteiger partial charge in [-0.05, 0) is 52.1 Å². The van der Waals surface area contributed by atoms with Crippen molar-refractivity contribution in [3.05, 3.63) is 30.1 Å². The number of carbonyl (C=O) groups is 1. The van der Waals surface area contributed by atoms with Crippen LogP contribution in [-0.2, 0) is 6.42 Å². The Morgan fingerprint density at radius 2 is 1.88 bits per heavy atom. The molecule has 0 aliphatic carbocycles. The Balaban J connectivity index is 0.00000288. The molecule has 0 fully saturated rings. The molecule has 1 unspecified atom stereocenters. The second-order valence-electron chi connectivity index (χ2n) is 5.74. The lowest BCUT2D eigenvalue weighted by Crippen LogP contribution is -2.34. The summed E-state index contributed by atoms with van der Waals surface area (Å²) in [5.41, 5.74) is 1.52. The fraction of sp³-hybridized carbons (Fsp3) is 0.438. The number of carbonyl (C=O) groups excluding carboxylic acids is 1. The number of hydrogen-bond acceptors (Lipinski definition) is 5. The monoisotopic (exact) mass is 353 g/mol. The molecule has 24 heavy (non-hydrogen) atoms. The summed E-state index contributed by atoms with van der Waals surface area (Å²) in [6.45, 7) is 5.87. The van der Waals surface area contributed by atoms with Crippen molar-refractivity contribution in [3.63, 3.8) is 0 Å². The van der Waals surface area contributed by atoms with Crippen LogP contribution in [-0.4, -0.2) is 35.3 Å². The highest BCUT2D eigenvalue weighted by Gasteiger charge is 2.11. The Bertz CT molecular complexity index is 642. The summed E-state index contributed by atoms with van der Waals surface area (Å²) in [6, 6.07) is 7.42. The number of nitrogens with zero attached hydrogens (tertiary/aromatic N) is 2. The van der Waals surface area contributed by atoms with Gasteiger partial charge >= 0.3 is 6.03 Å². The number of anilines is 1. The van der Waals surface area contributed by atoms with Crippen molar-refractivity contribution in [2.24, 2.45) is 0 Å². The first-order valence-corrected chi connectivity index (χ1v) is 7.65. The van der Waals surface area contributed by atoms with Gasteiger partial charge in [0.25, 0.3) is 5.89 Å². The number of amides is 2. The van der Waals surface area contributed by atoms with Gasteiger partial charge in [0.2, 0.25) is 0 Å². The minimum atomic E-state index is -0.228. The van der Waals surface area contributed by atoms with E-state index in [4.69, 9.17) is 4.52 Å². The van der Waals surface area contributed by atoms with Gasteiger partial charge in [0.1, 0.15) is 0 Å². The van der Waals surface area contributed by atoms with Gasteiger partial charge in [0.05, 0.1) is 0 Å². The van der Waals surface area contributed by atoms with E-state index in [1.807, 2.05) is 33.0 Å². The second kappa shape index (κ2) is 9.24. The Kier molecular flexibility index (Phi) is 7.67. The summed E-state index contributed by atoms with van der Waals surface area (Å²) in [5, 5.41) is 12.6. The van der Waals surface area contributed by atoms with Crippen molar-refractivity contribution in [1.82, 2.24) is 20.8 Å². The third-order valence-corrected chi connectivity index (χ3v) is 3.26. The lowest BCUT2D eigenvalue weighted by molar-refractivity contribution is 0.250. The zero-order chi connectivity index (χ0) is 16.8. The highest BCUT2D eigenvalue weighted by atomic mass is 35.5. The zero-order valence-corrected chi connectivity index (χ0v) is 15.1. The number of likely N-dealkylation sites (N-methyl/N-ethyl adjacent to an activating group) is 1. The number of rotatable bonds is 6.